The largest absolute Gasteiger partial charge is 0.486 e. The molecule has 0 spiro atoms. The van der Waals surface area contributed by atoms with Gasteiger partial charge in [0.1, 0.15) is 25.1 Å². The van der Waals surface area contributed by atoms with Crippen LogP contribution in [0.5, 0.6) is 11.5 Å². The van der Waals surface area contributed by atoms with Crippen molar-refractivity contribution in [2.24, 2.45) is 5.92 Å². The summed E-state index contributed by atoms with van der Waals surface area (Å²) in [5.74, 6) is 2.11. The second-order valence-electron chi connectivity index (χ2n) is 9.09. The Hall–Kier alpha value is -2.84. The molecule has 1 aromatic carbocycles. The monoisotopic (exact) mass is 452 g/mol. The maximum Gasteiger partial charge on any atom is 0.225 e. The summed E-state index contributed by atoms with van der Waals surface area (Å²) in [4.78, 5) is 22.1. The second-order valence-corrected chi connectivity index (χ2v) is 9.09. The van der Waals surface area contributed by atoms with Crippen molar-refractivity contribution in [2.75, 3.05) is 50.8 Å². The number of likely N-dealkylation sites (tertiary alicyclic amines) is 1. The summed E-state index contributed by atoms with van der Waals surface area (Å²) in [6, 6.07) is 11.0. The first kappa shape index (κ1) is 22.0. The average molecular weight is 453 g/mol. The molecule has 0 saturated carbocycles. The molecular formula is C25H32N4O4. The minimum Gasteiger partial charge on any atom is -0.486 e. The number of benzene rings is 1. The third-order valence-corrected chi connectivity index (χ3v) is 6.80. The van der Waals surface area contributed by atoms with Gasteiger partial charge in [-0.15, -0.1) is 0 Å². The average Bonchev–Trinajstić information content (AvgIpc) is 3.56. The Morgan fingerprint density at radius 3 is 2.73 bits per heavy atom. The van der Waals surface area contributed by atoms with E-state index in [0.29, 0.717) is 37.8 Å². The van der Waals surface area contributed by atoms with E-state index in [9.17, 15) is 9.90 Å². The summed E-state index contributed by atoms with van der Waals surface area (Å²) < 4.78 is 11.3. The minimum atomic E-state index is -0.835. The van der Waals surface area contributed by atoms with Crippen molar-refractivity contribution < 1.29 is 19.4 Å². The Kier molecular flexibility index (Phi) is 6.64. The number of hydrogen-bond donors (Lipinski definition) is 2. The maximum atomic E-state index is 13.2. The topological polar surface area (TPSA) is 87.2 Å². The summed E-state index contributed by atoms with van der Waals surface area (Å²) in [7, 11) is 0. The zero-order valence-corrected chi connectivity index (χ0v) is 18.9. The molecule has 1 unspecified atom stereocenters. The quantitative estimate of drug-likeness (QED) is 0.664. The molecule has 2 fully saturated rings. The van der Waals surface area contributed by atoms with Gasteiger partial charge < -0.3 is 29.7 Å². The number of anilines is 1. The van der Waals surface area contributed by atoms with Crippen LogP contribution in [0.3, 0.4) is 0 Å². The van der Waals surface area contributed by atoms with E-state index in [1.165, 1.54) is 0 Å². The number of amides is 1. The van der Waals surface area contributed by atoms with Crippen molar-refractivity contribution in [3.05, 3.63) is 48.2 Å². The SMILES string of the molecule is O=C(N[C@H](CN1CCCC1)[C@H](O)c1ccc2c(c1)OCCO2)C1CCN(c2ccccn2)C1. The van der Waals surface area contributed by atoms with Crippen molar-refractivity contribution in [1.29, 1.82) is 0 Å². The zero-order valence-electron chi connectivity index (χ0n) is 18.9. The van der Waals surface area contributed by atoms with E-state index in [1.807, 2.05) is 36.4 Å². The van der Waals surface area contributed by atoms with Gasteiger partial charge in [0.2, 0.25) is 5.91 Å². The molecule has 2 saturated heterocycles. The molecule has 3 atom stereocenters. The van der Waals surface area contributed by atoms with Crippen LogP contribution in [-0.4, -0.2) is 72.9 Å². The van der Waals surface area contributed by atoms with Crippen LogP contribution in [0.2, 0.25) is 0 Å². The van der Waals surface area contributed by atoms with E-state index < -0.39 is 12.1 Å². The van der Waals surface area contributed by atoms with E-state index >= 15 is 0 Å². The first-order valence-corrected chi connectivity index (χ1v) is 11.9. The van der Waals surface area contributed by atoms with Gasteiger partial charge in [-0.3, -0.25) is 4.79 Å². The summed E-state index contributed by atoms with van der Waals surface area (Å²) in [5, 5.41) is 14.5. The number of aliphatic hydroxyl groups excluding tert-OH is 1. The van der Waals surface area contributed by atoms with Gasteiger partial charge in [-0.25, -0.2) is 4.98 Å². The van der Waals surface area contributed by atoms with Gasteiger partial charge >= 0.3 is 0 Å². The van der Waals surface area contributed by atoms with Gasteiger partial charge in [0.05, 0.1) is 12.0 Å². The predicted octanol–water partition coefficient (Wildman–Crippen LogP) is 1.99. The van der Waals surface area contributed by atoms with Gasteiger partial charge in [-0.1, -0.05) is 12.1 Å². The van der Waals surface area contributed by atoms with Gasteiger partial charge in [0.25, 0.3) is 0 Å². The highest BCUT2D eigenvalue weighted by molar-refractivity contribution is 5.80. The van der Waals surface area contributed by atoms with E-state index in [0.717, 1.165) is 50.3 Å². The highest BCUT2D eigenvalue weighted by Crippen LogP contribution is 2.34. The van der Waals surface area contributed by atoms with E-state index in [-0.39, 0.29) is 11.8 Å². The summed E-state index contributed by atoms with van der Waals surface area (Å²) in [6.45, 7) is 5.08. The number of ether oxygens (including phenoxy) is 2. The van der Waals surface area contributed by atoms with E-state index in [2.05, 4.69) is 20.1 Å². The molecule has 8 heteroatoms. The fraction of sp³-hybridized carbons (Fsp3) is 0.520. The van der Waals surface area contributed by atoms with Crippen LogP contribution in [-0.2, 0) is 4.79 Å². The number of pyridine rings is 1. The molecule has 0 aliphatic carbocycles. The number of rotatable bonds is 7. The predicted molar refractivity (Wildman–Crippen MR) is 125 cm³/mol. The standard InChI is InChI=1S/C25H32N4O4/c30-24(18-6-7-21-22(15-18)33-14-13-32-21)20(17-28-10-3-4-11-28)27-25(31)19-8-12-29(16-19)23-5-1-2-9-26-23/h1-2,5-7,9,15,19-20,24,30H,3-4,8,10-14,16-17H2,(H,27,31)/t19?,20-,24-/m1/s1. The number of hydrogen-bond acceptors (Lipinski definition) is 7. The van der Waals surface area contributed by atoms with Crippen molar-refractivity contribution in [3.8, 4) is 11.5 Å². The molecule has 1 aromatic heterocycles. The molecule has 0 radical (unpaired) electrons. The van der Waals surface area contributed by atoms with Gasteiger partial charge in [-0.2, -0.15) is 0 Å². The number of carbonyl (C=O) groups is 1. The Morgan fingerprint density at radius 2 is 1.94 bits per heavy atom. The van der Waals surface area contributed by atoms with Crippen molar-refractivity contribution in [2.45, 2.75) is 31.4 Å². The molecule has 2 N–H and O–H groups in total. The van der Waals surface area contributed by atoms with Gasteiger partial charge in [0, 0.05) is 25.8 Å². The molecule has 3 aliphatic rings. The smallest absolute Gasteiger partial charge is 0.225 e. The Bertz CT molecular complexity index is 951. The van der Waals surface area contributed by atoms with Crippen LogP contribution in [0, 0.1) is 5.92 Å². The van der Waals surface area contributed by atoms with Crippen LogP contribution < -0.4 is 19.7 Å². The first-order chi connectivity index (χ1) is 16.2. The normalized spacial score (nSPS) is 22.2. The highest BCUT2D eigenvalue weighted by atomic mass is 16.6. The Labute approximate surface area is 194 Å². The van der Waals surface area contributed by atoms with Crippen LogP contribution in [0.4, 0.5) is 5.82 Å². The lowest BCUT2D eigenvalue weighted by atomic mass is 9.99. The fourth-order valence-electron chi connectivity index (χ4n) is 4.97. The van der Waals surface area contributed by atoms with Crippen LogP contribution in [0.25, 0.3) is 0 Å². The summed E-state index contributed by atoms with van der Waals surface area (Å²) in [6.07, 6.45) is 4.03. The number of nitrogens with one attached hydrogen (secondary N) is 1. The molecule has 3 aliphatic heterocycles. The molecule has 0 bridgehead atoms. The minimum absolute atomic E-state index is 0.00535. The van der Waals surface area contributed by atoms with Crippen molar-refractivity contribution >= 4 is 11.7 Å². The first-order valence-electron chi connectivity index (χ1n) is 11.9. The third kappa shape index (κ3) is 5.07. The fourth-order valence-corrected chi connectivity index (χ4v) is 4.97. The maximum absolute atomic E-state index is 13.2. The van der Waals surface area contributed by atoms with Crippen LogP contribution in [0.15, 0.2) is 42.6 Å². The lowest BCUT2D eigenvalue weighted by Gasteiger charge is -2.30. The molecule has 5 rings (SSSR count). The van der Waals surface area contributed by atoms with E-state index in [1.54, 1.807) is 6.20 Å². The molecule has 2 aromatic rings. The summed E-state index contributed by atoms with van der Waals surface area (Å²) in [5.41, 5.74) is 0.727. The number of carbonyl (C=O) groups excluding carboxylic acids is 1. The highest BCUT2D eigenvalue weighted by Gasteiger charge is 2.33. The number of aliphatic hydroxyl groups is 1. The Balaban J connectivity index is 1.28. The number of fused-ring (bicyclic) bond motifs is 1. The molecule has 4 heterocycles. The number of nitrogens with zero attached hydrogens (tertiary/aromatic N) is 3. The second kappa shape index (κ2) is 9.97. The van der Waals surface area contributed by atoms with Crippen LogP contribution >= 0.6 is 0 Å². The lowest BCUT2D eigenvalue weighted by molar-refractivity contribution is -0.126. The van der Waals surface area contributed by atoms with Crippen LogP contribution in [0.1, 0.15) is 30.9 Å². The summed E-state index contributed by atoms with van der Waals surface area (Å²) >= 11 is 0. The zero-order chi connectivity index (χ0) is 22.6. The van der Waals surface area contributed by atoms with Gasteiger partial charge in [-0.05, 0) is 62.2 Å². The Morgan fingerprint density at radius 1 is 1.12 bits per heavy atom. The van der Waals surface area contributed by atoms with Crippen molar-refractivity contribution in [1.82, 2.24) is 15.2 Å². The lowest BCUT2D eigenvalue weighted by Crippen LogP contribution is -2.48. The van der Waals surface area contributed by atoms with Crippen molar-refractivity contribution in [3.63, 3.8) is 0 Å². The number of aromatic nitrogens is 1. The molecule has 8 nitrogen and oxygen atoms in total. The molecular weight excluding hydrogens is 420 g/mol. The van der Waals surface area contributed by atoms with Gasteiger partial charge in [0.15, 0.2) is 11.5 Å². The molecule has 176 valence electrons. The third-order valence-electron chi connectivity index (χ3n) is 6.80. The van der Waals surface area contributed by atoms with E-state index in [4.69, 9.17) is 9.47 Å². The molecule has 33 heavy (non-hydrogen) atoms. The molecule has 1 amide bonds.